The predicted molar refractivity (Wildman–Crippen MR) is 108 cm³/mol. The van der Waals surface area contributed by atoms with Gasteiger partial charge in [0.15, 0.2) is 9.34 Å². The van der Waals surface area contributed by atoms with E-state index >= 15 is 0 Å². The van der Waals surface area contributed by atoms with Crippen LogP contribution in [0.25, 0.3) is 0 Å². The van der Waals surface area contributed by atoms with Crippen molar-refractivity contribution in [3.05, 3.63) is 30.0 Å². The molecule has 1 aliphatic rings. The predicted octanol–water partition coefficient (Wildman–Crippen LogP) is 2.63. The molecule has 0 spiro atoms. The number of rotatable bonds is 5. The average molecular weight is 410 g/mol. The third-order valence-corrected chi connectivity index (χ3v) is 7.69. The van der Waals surface area contributed by atoms with Gasteiger partial charge in [-0.2, -0.15) is 0 Å². The molecule has 0 unspecified atom stereocenters. The van der Waals surface area contributed by atoms with Gasteiger partial charge in [-0.3, -0.25) is 4.90 Å². The standard InChI is InChI=1S/C17H23N5O3S2/c1-12-15(27(24,25)18-2)26-17(19-12)21(3)16(23)20-13-6-8-14(9-7-13)22-10-4-5-11-22/h6-9,18H,4-5,10-11H2,1-3H3,(H,20,23). The minimum absolute atomic E-state index is 0.106. The molecule has 1 aliphatic heterocycles. The lowest BCUT2D eigenvalue weighted by Gasteiger charge is -2.18. The molecular weight excluding hydrogens is 386 g/mol. The summed E-state index contributed by atoms with van der Waals surface area (Å²) in [5.74, 6) is 0. The van der Waals surface area contributed by atoms with Gasteiger partial charge in [0.1, 0.15) is 0 Å². The van der Waals surface area contributed by atoms with E-state index in [0.717, 1.165) is 30.1 Å². The summed E-state index contributed by atoms with van der Waals surface area (Å²) < 4.78 is 26.4. The van der Waals surface area contributed by atoms with Crippen LogP contribution in [-0.4, -0.2) is 46.6 Å². The molecule has 2 N–H and O–H groups in total. The zero-order chi connectivity index (χ0) is 19.6. The number of carbonyl (C=O) groups is 1. The van der Waals surface area contributed by atoms with Crippen LogP contribution in [0.2, 0.25) is 0 Å². The Labute approximate surface area is 163 Å². The molecule has 0 saturated carbocycles. The lowest BCUT2D eigenvalue weighted by molar-refractivity contribution is 0.258. The highest BCUT2D eigenvalue weighted by Gasteiger charge is 2.23. The topological polar surface area (TPSA) is 94.6 Å². The number of sulfonamides is 1. The number of hydrogen-bond donors (Lipinski definition) is 2. The number of urea groups is 1. The van der Waals surface area contributed by atoms with Crippen LogP contribution in [0.5, 0.6) is 0 Å². The molecule has 1 aromatic carbocycles. The number of aromatic nitrogens is 1. The first kappa shape index (κ1) is 19.6. The van der Waals surface area contributed by atoms with Gasteiger partial charge in [0.2, 0.25) is 0 Å². The highest BCUT2D eigenvalue weighted by atomic mass is 32.2. The third-order valence-electron chi connectivity index (χ3n) is 4.44. The van der Waals surface area contributed by atoms with Crippen molar-refractivity contribution < 1.29 is 13.2 Å². The zero-order valence-corrected chi connectivity index (χ0v) is 17.2. The molecule has 2 heterocycles. The van der Waals surface area contributed by atoms with E-state index in [1.165, 1.54) is 24.8 Å². The number of anilines is 3. The fourth-order valence-corrected chi connectivity index (χ4v) is 5.17. The summed E-state index contributed by atoms with van der Waals surface area (Å²) in [4.78, 5) is 20.3. The summed E-state index contributed by atoms with van der Waals surface area (Å²) in [5, 5.41) is 3.12. The van der Waals surface area contributed by atoms with Crippen LogP contribution < -0.4 is 19.8 Å². The van der Waals surface area contributed by atoms with E-state index < -0.39 is 10.0 Å². The van der Waals surface area contributed by atoms with E-state index in [1.807, 2.05) is 24.3 Å². The van der Waals surface area contributed by atoms with E-state index in [4.69, 9.17) is 0 Å². The summed E-state index contributed by atoms with van der Waals surface area (Å²) in [5.41, 5.74) is 2.18. The second-order valence-electron chi connectivity index (χ2n) is 6.31. The van der Waals surface area contributed by atoms with Gasteiger partial charge in [-0.05, 0) is 51.1 Å². The Kier molecular flexibility index (Phi) is 5.68. The Hall–Kier alpha value is -2.17. The largest absolute Gasteiger partial charge is 0.372 e. The van der Waals surface area contributed by atoms with Gasteiger partial charge in [-0.1, -0.05) is 11.3 Å². The second-order valence-corrected chi connectivity index (χ2v) is 9.37. The lowest BCUT2D eigenvalue weighted by atomic mass is 10.2. The molecule has 1 fully saturated rings. The van der Waals surface area contributed by atoms with Crippen molar-refractivity contribution in [1.82, 2.24) is 9.71 Å². The highest BCUT2D eigenvalue weighted by molar-refractivity contribution is 7.91. The number of carbonyl (C=O) groups excluding carboxylic acids is 1. The molecule has 8 nitrogen and oxygen atoms in total. The molecule has 27 heavy (non-hydrogen) atoms. The van der Waals surface area contributed by atoms with Crippen LogP contribution in [0.1, 0.15) is 18.5 Å². The molecule has 10 heteroatoms. The molecule has 0 radical (unpaired) electrons. The number of amides is 2. The van der Waals surface area contributed by atoms with E-state index in [1.54, 1.807) is 14.0 Å². The number of aryl methyl sites for hydroxylation is 1. The van der Waals surface area contributed by atoms with Gasteiger partial charge in [0.25, 0.3) is 10.0 Å². The number of thiazole rings is 1. The van der Waals surface area contributed by atoms with Gasteiger partial charge in [-0.15, -0.1) is 0 Å². The molecular formula is C17H23N5O3S2. The maximum atomic E-state index is 12.5. The van der Waals surface area contributed by atoms with Gasteiger partial charge < -0.3 is 10.2 Å². The van der Waals surface area contributed by atoms with Crippen LogP contribution in [0.15, 0.2) is 28.5 Å². The Balaban J connectivity index is 1.70. The first-order chi connectivity index (χ1) is 12.8. The molecule has 2 amide bonds. The highest BCUT2D eigenvalue weighted by Crippen LogP contribution is 2.29. The van der Waals surface area contributed by atoms with Crippen molar-refractivity contribution in [2.45, 2.75) is 24.0 Å². The van der Waals surface area contributed by atoms with Crippen molar-refractivity contribution in [3.8, 4) is 0 Å². The summed E-state index contributed by atoms with van der Waals surface area (Å²) in [6.07, 6.45) is 2.42. The van der Waals surface area contributed by atoms with Crippen LogP contribution in [0.3, 0.4) is 0 Å². The van der Waals surface area contributed by atoms with Gasteiger partial charge >= 0.3 is 6.03 Å². The summed E-state index contributed by atoms with van der Waals surface area (Å²) in [6.45, 7) is 3.73. The Morgan fingerprint density at radius 1 is 1.22 bits per heavy atom. The first-order valence-electron chi connectivity index (χ1n) is 8.62. The normalized spacial score (nSPS) is 14.4. The maximum Gasteiger partial charge on any atom is 0.327 e. The van der Waals surface area contributed by atoms with Crippen LogP contribution >= 0.6 is 11.3 Å². The fourth-order valence-electron chi connectivity index (χ4n) is 2.88. The molecule has 146 valence electrons. The average Bonchev–Trinajstić information content (AvgIpc) is 3.31. The quantitative estimate of drug-likeness (QED) is 0.792. The summed E-state index contributed by atoms with van der Waals surface area (Å²) in [6, 6.07) is 7.33. The van der Waals surface area contributed by atoms with E-state index in [-0.39, 0.29) is 10.2 Å². The lowest BCUT2D eigenvalue weighted by Crippen LogP contribution is -2.31. The molecule has 0 bridgehead atoms. The monoisotopic (exact) mass is 409 g/mol. The van der Waals surface area contributed by atoms with E-state index in [2.05, 4.69) is 19.9 Å². The molecule has 2 aromatic rings. The number of nitrogens with zero attached hydrogens (tertiary/aromatic N) is 3. The Morgan fingerprint density at radius 2 is 1.85 bits per heavy atom. The summed E-state index contributed by atoms with van der Waals surface area (Å²) >= 11 is 0.954. The van der Waals surface area contributed by atoms with Crippen molar-refractivity contribution >= 4 is 43.9 Å². The number of benzene rings is 1. The van der Waals surface area contributed by atoms with Crippen molar-refractivity contribution in [2.24, 2.45) is 0 Å². The first-order valence-corrected chi connectivity index (χ1v) is 10.9. The second kappa shape index (κ2) is 7.83. The minimum atomic E-state index is -3.60. The summed E-state index contributed by atoms with van der Waals surface area (Å²) in [7, 11) is -0.695. The SMILES string of the molecule is CNS(=O)(=O)c1sc(N(C)C(=O)Nc2ccc(N3CCCC3)cc2)nc1C. The fraction of sp³-hybridized carbons (Fsp3) is 0.412. The van der Waals surface area contributed by atoms with Crippen LogP contribution in [-0.2, 0) is 10.0 Å². The number of hydrogen-bond acceptors (Lipinski definition) is 6. The maximum absolute atomic E-state index is 12.5. The Bertz CT molecular complexity index is 919. The van der Waals surface area contributed by atoms with Gasteiger partial charge in [0, 0.05) is 31.5 Å². The van der Waals surface area contributed by atoms with Crippen LogP contribution in [0, 0.1) is 6.92 Å². The zero-order valence-electron chi connectivity index (χ0n) is 15.5. The van der Waals surface area contributed by atoms with Crippen molar-refractivity contribution in [2.75, 3.05) is 42.3 Å². The Morgan fingerprint density at radius 3 is 2.44 bits per heavy atom. The van der Waals surface area contributed by atoms with Gasteiger partial charge in [0.05, 0.1) is 5.69 Å². The van der Waals surface area contributed by atoms with Crippen molar-refractivity contribution in [1.29, 1.82) is 0 Å². The van der Waals surface area contributed by atoms with Crippen molar-refractivity contribution in [3.63, 3.8) is 0 Å². The smallest absolute Gasteiger partial charge is 0.327 e. The minimum Gasteiger partial charge on any atom is -0.372 e. The molecule has 1 saturated heterocycles. The van der Waals surface area contributed by atoms with E-state index in [9.17, 15) is 13.2 Å². The van der Waals surface area contributed by atoms with Crippen LogP contribution in [0.4, 0.5) is 21.3 Å². The van der Waals surface area contributed by atoms with E-state index in [0.29, 0.717) is 16.5 Å². The van der Waals surface area contributed by atoms with Gasteiger partial charge in [-0.25, -0.2) is 22.9 Å². The molecule has 0 aliphatic carbocycles. The molecule has 1 aromatic heterocycles. The molecule has 0 atom stereocenters. The third kappa shape index (κ3) is 4.23. The number of nitrogens with one attached hydrogen (secondary N) is 2. The molecule has 3 rings (SSSR count).